The van der Waals surface area contributed by atoms with Gasteiger partial charge in [0.05, 0.1) is 21.4 Å². The molecule has 0 radical (unpaired) electrons. The first-order chi connectivity index (χ1) is 18.1. The van der Waals surface area contributed by atoms with Crippen LogP contribution in [-0.2, 0) is 30.3 Å². The fourth-order valence-corrected chi connectivity index (χ4v) is 7.42. The highest BCUT2D eigenvalue weighted by atomic mass is 127. The van der Waals surface area contributed by atoms with Crippen molar-refractivity contribution in [3.05, 3.63) is 44.1 Å². The van der Waals surface area contributed by atoms with E-state index >= 15 is 0 Å². The van der Waals surface area contributed by atoms with Crippen LogP contribution >= 0.6 is 90.4 Å². The molecule has 2 aromatic carbocycles. The second-order valence-electron chi connectivity index (χ2n) is 8.20. The second kappa shape index (κ2) is 15.3. The molecular formula is C24H25I4N3O7. The SMILES string of the molecule is COC(=O)C(Cc1cc(I)c(Oc2cc(I)c(O)c(I)c2)c(I)c1)NC(=O)COCC(=O)N1CCNCC1. The number of nitrogens with zero attached hydrogens (tertiary/aromatic N) is 1. The molecule has 3 rings (SSSR count). The number of carbonyl (C=O) groups is 3. The molecule has 1 saturated heterocycles. The molecule has 1 unspecified atom stereocenters. The van der Waals surface area contributed by atoms with Crippen molar-refractivity contribution >= 4 is 108 Å². The van der Waals surface area contributed by atoms with E-state index in [1.165, 1.54) is 7.11 Å². The quantitative estimate of drug-likeness (QED) is 0.245. The Morgan fingerprint density at radius 3 is 2.18 bits per heavy atom. The number of nitrogens with one attached hydrogen (secondary N) is 2. The fourth-order valence-electron chi connectivity index (χ4n) is 3.59. The van der Waals surface area contributed by atoms with Gasteiger partial charge in [0.15, 0.2) is 5.75 Å². The smallest absolute Gasteiger partial charge is 0.328 e. The van der Waals surface area contributed by atoms with Gasteiger partial charge in [-0.05, 0) is 120 Å². The lowest BCUT2D eigenvalue weighted by Gasteiger charge is -2.27. The van der Waals surface area contributed by atoms with Crippen LogP contribution in [0.3, 0.4) is 0 Å². The van der Waals surface area contributed by atoms with E-state index in [1.807, 2.05) is 57.3 Å². The van der Waals surface area contributed by atoms with Gasteiger partial charge in [-0.2, -0.15) is 0 Å². The summed E-state index contributed by atoms with van der Waals surface area (Å²) < 4.78 is 19.3. The Morgan fingerprint density at radius 2 is 1.61 bits per heavy atom. The summed E-state index contributed by atoms with van der Waals surface area (Å²) in [5, 5.41) is 15.8. The van der Waals surface area contributed by atoms with Gasteiger partial charge in [0.1, 0.15) is 30.8 Å². The number of hydrogen-bond donors (Lipinski definition) is 3. The normalized spacial score (nSPS) is 14.1. The molecule has 0 bridgehead atoms. The lowest BCUT2D eigenvalue weighted by Crippen LogP contribution is -2.48. The number of halogens is 4. The number of methoxy groups -OCH3 is 1. The van der Waals surface area contributed by atoms with Gasteiger partial charge >= 0.3 is 5.97 Å². The van der Waals surface area contributed by atoms with Crippen LogP contribution in [0.5, 0.6) is 17.2 Å². The van der Waals surface area contributed by atoms with Crippen molar-refractivity contribution in [2.75, 3.05) is 46.5 Å². The maximum absolute atomic E-state index is 12.5. The predicted octanol–water partition coefficient (Wildman–Crippen LogP) is 3.25. The Bertz CT molecular complexity index is 1150. The molecule has 10 nitrogen and oxygen atoms in total. The van der Waals surface area contributed by atoms with Gasteiger partial charge in [0, 0.05) is 32.6 Å². The van der Waals surface area contributed by atoms with E-state index in [4.69, 9.17) is 14.2 Å². The van der Waals surface area contributed by atoms with Gasteiger partial charge in [0.2, 0.25) is 11.8 Å². The molecule has 38 heavy (non-hydrogen) atoms. The zero-order chi connectivity index (χ0) is 27.8. The number of benzene rings is 2. The lowest BCUT2D eigenvalue weighted by molar-refractivity contribution is -0.146. The van der Waals surface area contributed by atoms with Crippen LogP contribution in [0.4, 0.5) is 0 Å². The van der Waals surface area contributed by atoms with Crippen LogP contribution in [0.2, 0.25) is 0 Å². The van der Waals surface area contributed by atoms with Crippen molar-refractivity contribution in [3.63, 3.8) is 0 Å². The lowest BCUT2D eigenvalue weighted by atomic mass is 10.1. The Kier molecular flexibility index (Phi) is 12.8. The molecular weight excluding hydrogens is 950 g/mol. The molecule has 1 fully saturated rings. The van der Waals surface area contributed by atoms with Crippen molar-refractivity contribution in [2.45, 2.75) is 12.5 Å². The zero-order valence-electron chi connectivity index (χ0n) is 20.2. The van der Waals surface area contributed by atoms with Gasteiger partial charge in [-0.15, -0.1) is 0 Å². The summed E-state index contributed by atoms with van der Waals surface area (Å²) in [7, 11) is 1.26. The summed E-state index contributed by atoms with van der Waals surface area (Å²) in [6.07, 6.45) is 0.194. The highest BCUT2D eigenvalue weighted by Crippen LogP contribution is 2.37. The van der Waals surface area contributed by atoms with Crippen LogP contribution in [0.15, 0.2) is 24.3 Å². The first-order valence-corrected chi connectivity index (χ1v) is 15.7. The molecule has 1 aliphatic rings. The van der Waals surface area contributed by atoms with E-state index in [2.05, 4.69) is 55.8 Å². The number of piperazine rings is 1. The average Bonchev–Trinajstić information content (AvgIpc) is 2.88. The van der Waals surface area contributed by atoms with E-state index < -0.39 is 17.9 Å². The number of rotatable bonds is 10. The molecule has 1 atom stereocenters. The number of hydrogen-bond acceptors (Lipinski definition) is 8. The van der Waals surface area contributed by atoms with E-state index in [-0.39, 0.29) is 31.3 Å². The van der Waals surface area contributed by atoms with Gasteiger partial charge in [-0.3, -0.25) is 9.59 Å². The third-order valence-electron chi connectivity index (χ3n) is 5.46. The number of phenolic OH excluding ortho intramolecular Hbond substituents is 1. The minimum atomic E-state index is -0.932. The van der Waals surface area contributed by atoms with Crippen LogP contribution in [-0.4, -0.2) is 80.3 Å². The summed E-state index contributed by atoms with van der Waals surface area (Å²) in [5.74, 6) is 0.171. The second-order valence-corrected chi connectivity index (χ2v) is 12.8. The standard InChI is InChI=1S/C24H25I4N3O7/c1-36-24(35)19(30-20(32)11-37-12-21(33)31-4-2-29-3-5-31)8-13-6-17(27)23(18(28)7-13)38-14-9-15(25)22(34)16(26)10-14/h6-7,9-10,19,29,34H,2-5,8,11-12H2,1H3,(H,30,32). The number of aromatic hydroxyl groups is 1. The Labute approximate surface area is 274 Å². The molecule has 0 spiro atoms. The van der Waals surface area contributed by atoms with Crippen LogP contribution < -0.4 is 15.4 Å². The number of amides is 2. The molecule has 1 aliphatic heterocycles. The topological polar surface area (TPSA) is 126 Å². The zero-order valence-corrected chi connectivity index (χ0v) is 28.8. The predicted molar refractivity (Wildman–Crippen MR) is 173 cm³/mol. The number of carbonyl (C=O) groups excluding carboxylic acids is 3. The Morgan fingerprint density at radius 1 is 1.00 bits per heavy atom. The van der Waals surface area contributed by atoms with E-state index in [9.17, 15) is 19.5 Å². The van der Waals surface area contributed by atoms with Gasteiger partial charge in [-0.1, -0.05) is 0 Å². The Hall–Kier alpha value is -0.710. The monoisotopic (exact) mass is 975 g/mol. The summed E-state index contributed by atoms with van der Waals surface area (Å²) in [6, 6.07) is 6.32. The minimum absolute atomic E-state index is 0.174. The summed E-state index contributed by atoms with van der Waals surface area (Å²) in [4.78, 5) is 38.8. The van der Waals surface area contributed by atoms with Crippen molar-refractivity contribution in [1.29, 1.82) is 0 Å². The summed E-state index contributed by atoms with van der Waals surface area (Å²) in [6.45, 7) is 2.12. The fraction of sp³-hybridized carbons (Fsp3) is 0.375. The minimum Gasteiger partial charge on any atom is -0.506 e. The maximum Gasteiger partial charge on any atom is 0.328 e. The molecule has 206 valence electrons. The molecule has 14 heteroatoms. The average molecular weight is 975 g/mol. The van der Waals surface area contributed by atoms with Crippen molar-refractivity contribution < 1.29 is 33.7 Å². The van der Waals surface area contributed by atoms with Crippen LogP contribution in [0, 0.1) is 14.3 Å². The van der Waals surface area contributed by atoms with Gasteiger partial charge in [-0.25, -0.2) is 4.79 Å². The van der Waals surface area contributed by atoms with Crippen LogP contribution in [0.25, 0.3) is 0 Å². The third kappa shape index (κ3) is 9.16. The van der Waals surface area contributed by atoms with E-state index in [1.54, 1.807) is 17.0 Å². The molecule has 0 saturated carbocycles. The van der Waals surface area contributed by atoms with Crippen molar-refractivity contribution in [1.82, 2.24) is 15.5 Å². The van der Waals surface area contributed by atoms with Gasteiger partial charge < -0.3 is 34.9 Å². The molecule has 2 amide bonds. The first kappa shape index (κ1) is 31.8. The van der Waals surface area contributed by atoms with Crippen molar-refractivity contribution in [2.24, 2.45) is 0 Å². The first-order valence-electron chi connectivity index (χ1n) is 11.4. The van der Waals surface area contributed by atoms with E-state index in [0.717, 1.165) is 25.8 Å². The number of esters is 1. The molecule has 1 heterocycles. The number of phenols is 1. The molecule has 2 aromatic rings. The maximum atomic E-state index is 12.5. The highest BCUT2D eigenvalue weighted by Gasteiger charge is 2.24. The molecule has 0 aromatic heterocycles. The molecule has 3 N–H and O–H groups in total. The highest BCUT2D eigenvalue weighted by molar-refractivity contribution is 14.1. The van der Waals surface area contributed by atoms with Gasteiger partial charge in [0.25, 0.3) is 0 Å². The molecule has 0 aliphatic carbocycles. The largest absolute Gasteiger partial charge is 0.506 e. The third-order valence-corrected chi connectivity index (χ3v) is 8.70. The number of ether oxygens (including phenoxy) is 3. The van der Waals surface area contributed by atoms with Crippen LogP contribution in [0.1, 0.15) is 5.56 Å². The van der Waals surface area contributed by atoms with Crippen molar-refractivity contribution in [3.8, 4) is 17.2 Å². The van der Waals surface area contributed by atoms with E-state index in [0.29, 0.717) is 31.7 Å². The summed E-state index contributed by atoms with van der Waals surface area (Å²) >= 11 is 8.41. The Balaban J connectivity index is 1.62. The summed E-state index contributed by atoms with van der Waals surface area (Å²) in [5.41, 5.74) is 0.798.